The van der Waals surface area contributed by atoms with Gasteiger partial charge in [-0.3, -0.25) is 14.4 Å². The van der Waals surface area contributed by atoms with E-state index in [0.29, 0.717) is 19.3 Å². The maximum Gasteiger partial charge on any atom is 0.306 e. The maximum absolute atomic E-state index is 12.8. The minimum absolute atomic E-state index is 0.0698. The number of rotatable bonds is 56. The van der Waals surface area contributed by atoms with Crippen molar-refractivity contribution in [2.24, 2.45) is 0 Å². The van der Waals surface area contributed by atoms with Gasteiger partial charge in [-0.1, -0.05) is 276 Å². The lowest BCUT2D eigenvalue weighted by Gasteiger charge is -2.18. The molecule has 1 unspecified atom stereocenters. The third kappa shape index (κ3) is 54.8. The molecule has 0 N–H and O–H groups in total. The van der Waals surface area contributed by atoms with Crippen LogP contribution < -0.4 is 0 Å². The van der Waals surface area contributed by atoms with Crippen molar-refractivity contribution in [3.8, 4) is 0 Å². The highest BCUT2D eigenvalue weighted by Crippen LogP contribution is 2.17. The first-order valence-corrected chi connectivity index (χ1v) is 30.3. The van der Waals surface area contributed by atoms with Crippen LogP contribution in [0.25, 0.3) is 0 Å². The van der Waals surface area contributed by atoms with E-state index in [0.717, 1.165) is 70.6 Å². The van der Waals surface area contributed by atoms with Crippen LogP contribution in [0.1, 0.15) is 335 Å². The second-order valence-corrected chi connectivity index (χ2v) is 20.6. The molecule has 400 valence electrons. The average molecular weight is 958 g/mol. The number of carbonyl (C=O) groups excluding carboxylic acids is 3. The summed E-state index contributed by atoms with van der Waals surface area (Å²) < 4.78 is 16.9. The molecule has 0 amide bonds. The first-order chi connectivity index (χ1) is 33.5. The van der Waals surface area contributed by atoms with Crippen molar-refractivity contribution < 1.29 is 28.6 Å². The summed E-state index contributed by atoms with van der Waals surface area (Å²) in [5.74, 6) is -0.860. The summed E-state index contributed by atoms with van der Waals surface area (Å²) in [7, 11) is 0. The number of esters is 3. The lowest BCUT2D eigenvalue weighted by atomic mass is 10.0. The first-order valence-electron chi connectivity index (χ1n) is 30.3. The minimum atomic E-state index is -0.770. The van der Waals surface area contributed by atoms with E-state index in [-0.39, 0.29) is 31.1 Å². The lowest BCUT2D eigenvalue weighted by molar-refractivity contribution is -0.167. The van der Waals surface area contributed by atoms with Gasteiger partial charge in [0.1, 0.15) is 13.2 Å². The second-order valence-electron chi connectivity index (χ2n) is 20.6. The molecule has 0 saturated heterocycles. The Morgan fingerprint density at radius 3 is 0.794 bits per heavy atom. The van der Waals surface area contributed by atoms with Crippen molar-refractivity contribution in [1.29, 1.82) is 0 Å². The number of allylic oxidation sites excluding steroid dienone is 4. The number of unbranched alkanes of at least 4 members (excludes halogenated alkanes) is 41. The molecule has 0 aromatic rings. The molecule has 0 aromatic carbocycles. The Morgan fingerprint density at radius 2 is 0.515 bits per heavy atom. The fourth-order valence-corrected chi connectivity index (χ4v) is 9.09. The van der Waals surface area contributed by atoms with Gasteiger partial charge in [-0.2, -0.15) is 0 Å². The largest absolute Gasteiger partial charge is 0.462 e. The molecule has 0 saturated carbocycles. The molecular formula is C62H116O6. The third-order valence-corrected chi connectivity index (χ3v) is 13.7. The number of ether oxygens (including phenoxy) is 3. The SMILES string of the molecule is CCC/C=C\CCCCCCCC(=O)OCC(COC(=O)CCCCCCCCCCCCC/C=C\CCCCCCCCCC)OC(=O)CCCCCCCCCCCCCCCCCCC. The van der Waals surface area contributed by atoms with Gasteiger partial charge in [-0.05, 0) is 64.2 Å². The Morgan fingerprint density at radius 1 is 0.279 bits per heavy atom. The summed E-state index contributed by atoms with van der Waals surface area (Å²) in [6.07, 6.45) is 67.6. The molecule has 6 nitrogen and oxygen atoms in total. The van der Waals surface area contributed by atoms with Crippen LogP contribution in [-0.2, 0) is 28.6 Å². The van der Waals surface area contributed by atoms with Gasteiger partial charge in [-0.25, -0.2) is 0 Å². The highest BCUT2D eigenvalue weighted by Gasteiger charge is 2.19. The van der Waals surface area contributed by atoms with Crippen molar-refractivity contribution >= 4 is 17.9 Å². The number of carbonyl (C=O) groups is 3. The molecule has 0 aromatic heterocycles. The predicted octanol–water partition coefficient (Wildman–Crippen LogP) is 20.3. The first kappa shape index (κ1) is 65.9. The van der Waals surface area contributed by atoms with Gasteiger partial charge >= 0.3 is 17.9 Å². The van der Waals surface area contributed by atoms with E-state index >= 15 is 0 Å². The number of hydrogen-bond acceptors (Lipinski definition) is 6. The molecule has 0 rings (SSSR count). The summed E-state index contributed by atoms with van der Waals surface area (Å²) in [6.45, 7) is 6.62. The zero-order valence-corrected chi connectivity index (χ0v) is 45.9. The molecule has 68 heavy (non-hydrogen) atoms. The summed E-state index contributed by atoms with van der Waals surface area (Å²) in [5.41, 5.74) is 0. The van der Waals surface area contributed by atoms with Crippen LogP contribution in [0, 0.1) is 0 Å². The third-order valence-electron chi connectivity index (χ3n) is 13.7. The van der Waals surface area contributed by atoms with Crippen LogP contribution in [0.5, 0.6) is 0 Å². The van der Waals surface area contributed by atoms with Crippen LogP contribution in [0.15, 0.2) is 24.3 Å². The van der Waals surface area contributed by atoms with Gasteiger partial charge < -0.3 is 14.2 Å². The Balaban J connectivity index is 4.20. The number of hydrogen-bond donors (Lipinski definition) is 0. The Kier molecular flexibility index (Phi) is 55.7. The van der Waals surface area contributed by atoms with E-state index in [2.05, 4.69) is 45.1 Å². The Hall–Kier alpha value is -2.11. The zero-order chi connectivity index (χ0) is 49.3. The van der Waals surface area contributed by atoms with E-state index in [9.17, 15) is 14.4 Å². The van der Waals surface area contributed by atoms with E-state index in [1.54, 1.807) is 0 Å². The highest BCUT2D eigenvalue weighted by molar-refractivity contribution is 5.71. The summed E-state index contributed by atoms with van der Waals surface area (Å²) in [5, 5.41) is 0. The van der Waals surface area contributed by atoms with Crippen LogP contribution in [-0.4, -0.2) is 37.2 Å². The van der Waals surface area contributed by atoms with Crippen molar-refractivity contribution in [2.75, 3.05) is 13.2 Å². The predicted molar refractivity (Wildman–Crippen MR) is 293 cm³/mol. The van der Waals surface area contributed by atoms with E-state index in [1.807, 2.05) is 0 Å². The van der Waals surface area contributed by atoms with Crippen LogP contribution in [0.3, 0.4) is 0 Å². The van der Waals surface area contributed by atoms with Gasteiger partial charge in [0.25, 0.3) is 0 Å². The molecule has 0 fully saturated rings. The minimum Gasteiger partial charge on any atom is -0.462 e. The van der Waals surface area contributed by atoms with Crippen LogP contribution in [0.2, 0.25) is 0 Å². The fraction of sp³-hybridized carbons (Fsp3) is 0.887. The second kappa shape index (κ2) is 57.5. The van der Waals surface area contributed by atoms with E-state index in [4.69, 9.17) is 14.2 Å². The molecule has 0 aliphatic rings. The standard InChI is InChI=1S/C62H116O6/c1-4-7-10-13-16-19-22-24-26-28-29-30-31-32-33-35-36-38-40-43-46-49-52-55-61(64)67-58-59(57-66-60(63)54-51-48-45-42-21-18-15-12-9-6-3)68-62(65)56-53-50-47-44-41-39-37-34-27-25-23-20-17-14-11-8-5-2/h12,15,28-29,59H,4-11,13-14,16-27,30-58H2,1-3H3/b15-12-,29-28-. The van der Waals surface area contributed by atoms with Gasteiger partial charge in [0, 0.05) is 19.3 Å². The maximum atomic E-state index is 12.8. The van der Waals surface area contributed by atoms with Gasteiger partial charge in [0.05, 0.1) is 0 Å². The molecule has 0 heterocycles. The summed E-state index contributed by atoms with van der Waals surface area (Å²) in [6, 6.07) is 0. The molecule has 0 aliphatic carbocycles. The van der Waals surface area contributed by atoms with Crippen LogP contribution >= 0.6 is 0 Å². The Labute approximate surface area is 423 Å². The normalized spacial score (nSPS) is 12.1. The molecular weight excluding hydrogens is 841 g/mol. The monoisotopic (exact) mass is 957 g/mol. The van der Waals surface area contributed by atoms with E-state index in [1.165, 1.54) is 225 Å². The average Bonchev–Trinajstić information content (AvgIpc) is 3.34. The molecule has 0 aliphatic heterocycles. The van der Waals surface area contributed by atoms with Gasteiger partial charge in [-0.15, -0.1) is 0 Å². The van der Waals surface area contributed by atoms with Crippen molar-refractivity contribution in [3.63, 3.8) is 0 Å². The quantitative estimate of drug-likeness (QED) is 0.0262. The van der Waals surface area contributed by atoms with E-state index < -0.39 is 6.10 Å². The molecule has 1 atom stereocenters. The topological polar surface area (TPSA) is 78.9 Å². The van der Waals surface area contributed by atoms with Crippen LogP contribution in [0.4, 0.5) is 0 Å². The van der Waals surface area contributed by atoms with Crippen molar-refractivity contribution in [2.45, 2.75) is 341 Å². The summed E-state index contributed by atoms with van der Waals surface area (Å²) in [4.78, 5) is 38.1. The smallest absolute Gasteiger partial charge is 0.306 e. The van der Waals surface area contributed by atoms with Gasteiger partial charge in [0.2, 0.25) is 0 Å². The summed E-state index contributed by atoms with van der Waals surface area (Å²) >= 11 is 0. The highest BCUT2D eigenvalue weighted by atomic mass is 16.6. The van der Waals surface area contributed by atoms with Crippen molar-refractivity contribution in [3.05, 3.63) is 24.3 Å². The van der Waals surface area contributed by atoms with Gasteiger partial charge in [0.15, 0.2) is 6.10 Å². The molecule has 6 heteroatoms. The Bertz CT molecular complexity index is 1100. The molecule has 0 spiro atoms. The van der Waals surface area contributed by atoms with Crippen molar-refractivity contribution in [1.82, 2.24) is 0 Å². The lowest BCUT2D eigenvalue weighted by Crippen LogP contribution is -2.30. The molecule has 0 bridgehead atoms. The molecule has 0 radical (unpaired) electrons. The fourth-order valence-electron chi connectivity index (χ4n) is 9.09. The zero-order valence-electron chi connectivity index (χ0n) is 45.9.